The minimum atomic E-state index is -0.918. The number of fused-ring (bicyclic) bond motifs is 1. The van der Waals surface area contributed by atoms with Crippen LogP contribution in [-0.2, 0) is 14.3 Å². The summed E-state index contributed by atoms with van der Waals surface area (Å²) < 4.78 is 6.52. The van der Waals surface area contributed by atoms with Crippen molar-refractivity contribution in [1.29, 1.82) is 0 Å². The van der Waals surface area contributed by atoms with Gasteiger partial charge in [-0.1, -0.05) is 49.6 Å². The molecular weight excluding hydrogens is 448 g/mol. The molecule has 2 aromatic heterocycles. The molecule has 1 saturated carbocycles. The van der Waals surface area contributed by atoms with Crippen LogP contribution in [0.1, 0.15) is 48.9 Å². The molecule has 1 aliphatic carbocycles. The minimum Gasteiger partial charge on any atom is -0.481 e. The van der Waals surface area contributed by atoms with E-state index >= 15 is 0 Å². The molecule has 0 bridgehead atoms. The van der Waals surface area contributed by atoms with E-state index in [0.717, 1.165) is 37.7 Å². The van der Waals surface area contributed by atoms with Crippen LogP contribution >= 0.6 is 0 Å². The van der Waals surface area contributed by atoms with Crippen LogP contribution in [0.15, 0.2) is 48.7 Å². The molecule has 1 unspecified atom stereocenters. The zero-order valence-electron chi connectivity index (χ0n) is 19.7. The summed E-state index contributed by atoms with van der Waals surface area (Å²) in [7, 11) is 1.33. The second-order valence-corrected chi connectivity index (χ2v) is 8.82. The fraction of sp³-hybridized carbons (Fsp3) is 0.385. The van der Waals surface area contributed by atoms with Gasteiger partial charge in [0, 0.05) is 23.4 Å². The van der Waals surface area contributed by atoms with Gasteiger partial charge in [0.15, 0.2) is 0 Å². The maximum atomic E-state index is 13.1. The SMILES string of the molecule is COC(=O)CNc1c(-c2ccccc2)nc2cc(C(=O)NC(CC(=O)O)C3CCCCC3)ccn12. The highest BCUT2D eigenvalue weighted by atomic mass is 16.5. The summed E-state index contributed by atoms with van der Waals surface area (Å²) in [6.45, 7) is -0.0371. The molecule has 9 nitrogen and oxygen atoms in total. The van der Waals surface area contributed by atoms with E-state index in [1.807, 2.05) is 30.3 Å². The summed E-state index contributed by atoms with van der Waals surface area (Å²) in [5.74, 6) is -0.884. The number of methoxy groups -OCH3 is 1. The Bertz CT molecular complexity index is 1200. The third-order valence-electron chi connectivity index (χ3n) is 6.49. The summed E-state index contributed by atoms with van der Waals surface area (Å²) in [4.78, 5) is 41.0. The first kappa shape index (κ1) is 24.3. The molecule has 0 aliphatic heterocycles. The highest BCUT2D eigenvalue weighted by Gasteiger charge is 2.28. The molecule has 35 heavy (non-hydrogen) atoms. The fourth-order valence-electron chi connectivity index (χ4n) is 4.69. The number of aliphatic carboxylic acids is 1. The van der Waals surface area contributed by atoms with Crippen molar-refractivity contribution >= 4 is 29.3 Å². The first-order valence-electron chi connectivity index (χ1n) is 11.9. The van der Waals surface area contributed by atoms with E-state index in [-0.39, 0.29) is 24.8 Å². The number of carbonyl (C=O) groups is 3. The number of pyridine rings is 1. The van der Waals surface area contributed by atoms with Crippen molar-refractivity contribution in [2.24, 2.45) is 5.92 Å². The van der Waals surface area contributed by atoms with E-state index in [1.54, 1.807) is 22.7 Å². The van der Waals surface area contributed by atoms with Gasteiger partial charge in [-0.3, -0.25) is 18.8 Å². The smallest absolute Gasteiger partial charge is 0.325 e. The lowest BCUT2D eigenvalue weighted by molar-refractivity contribution is -0.139. The second kappa shape index (κ2) is 11.0. The average molecular weight is 479 g/mol. The van der Waals surface area contributed by atoms with Crippen LogP contribution in [0.3, 0.4) is 0 Å². The van der Waals surface area contributed by atoms with E-state index < -0.39 is 18.0 Å². The van der Waals surface area contributed by atoms with Gasteiger partial charge in [-0.25, -0.2) is 4.98 Å². The van der Waals surface area contributed by atoms with Crippen LogP contribution in [0.2, 0.25) is 0 Å². The number of amides is 1. The molecule has 1 amide bonds. The predicted molar refractivity (Wildman–Crippen MR) is 131 cm³/mol. The van der Waals surface area contributed by atoms with E-state index in [4.69, 9.17) is 9.72 Å². The van der Waals surface area contributed by atoms with E-state index in [1.165, 1.54) is 7.11 Å². The van der Waals surface area contributed by atoms with Crippen LogP contribution < -0.4 is 10.6 Å². The predicted octanol–water partition coefficient (Wildman–Crippen LogP) is 3.74. The van der Waals surface area contributed by atoms with Crippen LogP contribution in [0.25, 0.3) is 16.9 Å². The van der Waals surface area contributed by atoms with Gasteiger partial charge in [-0.05, 0) is 30.9 Å². The number of carboxylic acids is 1. The molecule has 2 heterocycles. The molecule has 1 aliphatic rings. The van der Waals surface area contributed by atoms with Gasteiger partial charge in [-0.15, -0.1) is 0 Å². The number of esters is 1. The topological polar surface area (TPSA) is 122 Å². The molecule has 4 rings (SSSR count). The highest BCUT2D eigenvalue weighted by molar-refractivity contribution is 5.96. The Morgan fingerprint density at radius 3 is 2.57 bits per heavy atom. The molecule has 1 fully saturated rings. The van der Waals surface area contributed by atoms with E-state index in [0.29, 0.717) is 22.7 Å². The summed E-state index contributed by atoms with van der Waals surface area (Å²) in [6.07, 6.45) is 6.73. The molecular formula is C26H30N4O5. The quantitative estimate of drug-likeness (QED) is 0.401. The third kappa shape index (κ3) is 5.79. The fourth-order valence-corrected chi connectivity index (χ4v) is 4.69. The van der Waals surface area contributed by atoms with Gasteiger partial charge < -0.3 is 20.5 Å². The van der Waals surface area contributed by atoms with Crippen molar-refractivity contribution < 1.29 is 24.2 Å². The number of ether oxygens (including phenoxy) is 1. The molecule has 1 atom stereocenters. The maximum absolute atomic E-state index is 13.1. The first-order chi connectivity index (χ1) is 17.0. The van der Waals surface area contributed by atoms with Crippen molar-refractivity contribution in [3.8, 4) is 11.3 Å². The number of anilines is 1. The number of nitrogens with one attached hydrogen (secondary N) is 2. The number of carbonyl (C=O) groups excluding carboxylic acids is 2. The monoisotopic (exact) mass is 478 g/mol. The zero-order valence-corrected chi connectivity index (χ0v) is 19.7. The van der Waals surface area contributed by atoms with Crippen LogP contribution in [0.4, 0.5) is 5.82 Å². The third-order valence-corrected chi connectivity index (χ3v) is 6.49. The Hall–Kier alpha value is -3.88. The maximum Gasteiger partial charge on any atom is 0.325 e. The Balaban J connectivity index is 1.63. The summed E-state index contributed by atoms with van der Waals surface area (Å²) in [5.41, 5.74) is 2.41. The van der Waals surface area contributed by atoms with Crippen LogP contribution in [0.5, 0.6) is 0 Å². The molecule has 0 saturated heterocycles. The number of nitrogens with zero attached hydrogens (tertiary/aromatic N) is 2. The van der Waals surface area contributed by atoms with Gasteiger partial charge in [0.1, 0.15) is 23.7 Å². The molecule has 0 spiro atoms. The molecule has 184 valence electrons. The Morgan fingerprint density at radius 1 is 1.14 bits per heavy atom. The Morgan fingerprint density at radius 2 is 1.89 bits per heavy atom. The molecule has 3 N–H and O–H groups in total. The summed E-state index contributed by atoms with van der Waals surface area (Å²) in [6, 6.07) is 12.5. The Kier molecular flexibility index (Phi) is 7.64. The molecule has 9 heteroatoms. The lowest BCUT2D eigenvalue weighted by atomic mass is 9.82. The lowest BCUT2D eigenvalue weighted by Crippen LogP contribution is -2.42. The van der Waals surface area contributed by atoms with Gasteiger partial charge in [-0.2, -0.15) is 0 Å². The standard InChI is InChI=1S/C26H30N4O5/c1-35-23(33)16-27-25-24(18-10-6-3-7-11-18)29-21-14-19(12-13-30(21)25)26(34)28-20(15-22(31)32)17-8-4-2-5-9-17/h3,6-7,10-14,17,20,27H,2,4-5,8-9,15-16H2,1H3,(H,28,34)(H,31,32). The molecule has 1 aromatic carbocycles. The molecule has 0 radical (unpaired) electrons. The Labute approximate surface area is 203 Å². The summed E-state index contributed by atoms with van der Waals surface area (Å²) >= 11 is 0. The molecule has 3 aromatic rings. The van der Waals surface area contributed by atoms with Crippen molar-refractivity contribution in [2.45, 2.75) is 44.6 Å². The zero-order chi connectivity index (χ0) is 24.8. The first-order valence-corrected chi connectivity index (χ1v) is 11.9. The number of carboxylic acid groups (broad SMARTS) is 1. The van der Waals surface area contributed by atoms with Crippen molar-refractivity contribution in [3.63, 3.8) is 0 Å². The average Bonchev–Trinajstić information content (AvgIpc) is 3.25. The number of hydrogen-bond acceptors (Lipinski definition) is 6. The number of rotatable bonds is 9. The van der Waals surface area contributed by atoms with Gasteiger partial charge >= 0.3 is 11.9 Å². The largest absolute Gasteiger partial charge is 0.481 e. The number of aromatic nitrogens is 2. The van der Waals surface area contributed by atoms with Crippen molar-refractivity contribution in [3.05, 3.63) is 54.2 Å². The van der Waals surface area contributed by atoms with Crippen LogP contribution in [-0.4, -0.2) is 52.0 Å². The second-order valence-electron chi connectivity index (χ2n) is 8.82. The van der Waals surface area contributed by atoms with E-state index in [2.05, 4.69) is 10.6 Å². The number of benzene rings is 1. The highest BCUT2D eigenvalue weighted by Crippen LogP contribution is 2.30. The minimum absolute atomic E-state index is 0.0371. The van der Waals surface area contributed by atoms with Gasteiger partial charge in [0.2, 0.25) is 0 Å². The normalized spacial score (nSPS) is 14.9. The van der Waals surface area contributed by atoms with Crippen molar-refractivity contribution in [1.82, 2.24) is 14.7 Å². The summed E-state index contributed by atoms with van der Waals surface area (Å²) in [5, 5.41) is 15.4. The van der Waals surface area contributed by atoms with Crippen molar-refractivity contribution in [2.75, 3.05) is 19.0 Å². The van der Waals surface area contributed by atoms with Gasteiger partial charge in [0.25, 0.3) is 5.91 Å². The van der Waals surface area contributed by atoms with Crippen LogP contribution in [0, 0.1) is 5.92 Å². The van der Waals surface area contributed by atoms with Gasteiger partial charge in [0.05, 0.1) is 13.5 Å². The number of imidazole rings is 1. The number of hydrogen-bond donors (Lipinski definition) is 3. The van der Waals surface area contributed by atoms with E-state index in [9.17, 15) is 19.5 Å². The lowest BCUT2D eigenvalue weighted by Gasteiger charge is -2.30.